The quantitative estimate of drug-likeness (QED) is 0.0169. The summed E-state index contributed by atoms with van der Waals surface area (Å²) in [5, 5.41) is 10.6. The minimum absolute atomic E-state index is 0.0846. The highest BCUT2D eigenvalue weighted by atomic mass is 31.2. The topological polar surface area (TPSA) is 237 Å². The molecule has 0 saturated carbocycles. The Morgan fingerprint density at radius 3 is 0.833 bits per heavy atom. The molecule has 3 unspecified atom stereocenters. The number of esters is 4. The zero-order valence-corrected chi connectivity index (χ0v) is 68.0. The van der Waals surface area contributed by atoms with Gasteiger partial charge in [-0.3, -0.25) is 37.3 Å². The molecule has 0 aromatic heterocycles. The van der Waals surface area contributed by atoms with E-state index in [0.717, 1.165) is 115 Å². The van der Waals surface area contributed by atoms with Crippen LogP contribution < -0.4 is 0 Å². The monoisotopic (exact) mass is 1490 g/mol. The molecule has 0 aromatic carbocycles. The van der Waals surface area contributed by atoms with E-state index in [2.05, 4.69) is 58.9 Å². The lowest BCUT2D eigenvalue weighted by atomic mass is 10.00. The van der Waals surface area contributed by atoms with E-state index in [1.807, 2.05) is 0 Å². The summed E-state index contributed by atoms with van der Waals surface area (Å²) in [6.07, 6.45) is 70.3. The van der Waals surface area contributed by atoms with Crippen molar-refractivity contribution in [2.45, 2.75) is 438 Å². The van der Waals surface area contributed by atoms with Crippen molar-refractivity contribution in [1.29, 1.82) is 0 Å². The van der Waals surface area contributed by atoms with Crippen molar-refractivity contribution in [3.8, 4) is 0 Å². The van der Waals surface area contributed by atoms with Crippen LogP contribution >= 0.6 is 15.6 Å². The highest BCUT2D eigenvalue weighted by Crippen LogP contribution is 2.45. The second-order valence-corrected chi connectivity index (χ2v) is 32.3. The van der Waals surface area contributed by atoms with E-state index in [1.165, 1.54) is 225 Å². The van der Waals surface area contributed by atoms with Crippen LogP contribution in [0.5, 0.6) is 0 Å². The number of hydrogen-bond donors (Lipinski definition) is 3. The maximum Gasteiger partial charge on any atom is 0.472 e. The minimum Gasteiger partial charge on any atom is -0.462 e. The number of carbonyl (C=O) groups excluding carboxylic acids is 4. The largest absolute Gasteiger partial charge is 0.472 e. The molecule has 0 radical (unpaired) electrons. The average Bonchev–Trinajstić information content (AvgIpc) is 0.937. The van der Waals surface area contributed by atoms with Gasteiger partial charge in [-0.2, -0.15) is 0 Å². The summed E-state index contributed by atoms with van der Waals surface area (Å²) in [5.41, 5.74) is 0. The van der Waals surface area contributed by atoms with Gasteiger partial charge < -0.3 is 33.8 Å². The van der Waals surface area contributed by atoms with Crippen molar-refractivity contribution in [3.05, 3.63) is 24.3 Å². The summed E-state index contributed by atoms with van der Waals surface area (Å²) >= 11 is 0. The summed E-state index contributed by atoms with van der Waals surface area (Å²) in [6, 6.07) is 0. The molecule has 0 saturated heterocycles. The van der Waals surface area contributed by atoms with E-state index < -0.39 is 97.5 Å². The lowest BCUT2D eigenvalue weighted by Gasteiger charge is -2.21. The Morgan fingerprint density at radius 1 is 0.314 bits per heavy atom. The van der Waals surface area contributed by atoms with Gasteiger partial charge >= 0.3 is 39.5 Å². The Balaban J connectivity index is 5.26. The zero-order valence-electron chi connectivity index (χ0n) is 66.2. The Kier molecular flexibility index (Phi) is 73.5. The predicted octanol–water partition coefficient (Wildman–Crippen LogP) is 24.8. The van der Waals surface area contributed by atoms with Crippen molar-refractivity contribution in [3.63, 3.8) is 0 Å². The number of allylic oxidation sites excluding steroid dienone is 4. The summed E-state index contributed by atoms with van der Waals surface area (Å²) in [4.78, 5) is 73.1. The first-order valence-electron chi connectivity index (χ1n) is 42.5. The first kappa shape index (κ1) is 99.5. The summed E-state index contributed by atoms with van der Waals surface area (Å²) in [5.74, 6) is -1.41. The maximum absolute atomic E-state index is 13.1. The number of phosphoric ester groups is 2. The van der Waals surface area contributed by atoms with Crippen molar-refractivity contribution in [2.24, 2.45) is 5.92 Å². The fraction of sp³-hybridized carbons (Fsp3) is 0.904. The van der Waals surface area contributed by atoms with Crippen molar-refractivity contribution in [1.82, 2.24) is 0 Å². The van der Waals surface area contributed by atoms with Crippen LogP contribution in [0.1, 0.15) is 420 Å². The van der Waals surface area contributed by atoms with E-state index in [9.17, 15) is 43.2 Å². The Labute approximate surface area is 624 Å². The van der Waals surface area contributed by atoms with Gasteiger partial charge in [-0.25, -0.2) is 9.13 Å². The average molecular weight is 1490 g/mol. The van der Waals surface area contributed by atoms with Crippen LogP contribution in [0, 0.1) is 5.92 Å². The second kappa shape index (κ2) is 75.4. The van der Waals surface area contributed by atoms with Gasteiger partial charge in [-0.05, 0) is 57.3 Å². The molecule has 602 valence electrons. The molecule has 0 aliphatic heterocycles. The van der Waals surface area contributed by atoms with E-state index in [-0.39, 0.29) is 25.7 Å². The van der Waals surface area contributed by atoms with Gasteiger partial charge in [0.05, 0.1) is 26.4 Å². The van der Waals surface area contributed by atoms with Crippen LogP contribution in [0.3, 0.4) is 0 Å². The number of aliphatic hydroxyl groups excluding tert-OH is 1. The van der Waals surface area contributed by atoms with Gasteiger partial charge in [0.2, 0.25) is 0 Å². The van der Waals surface area contributed by atoms with Crippen LogP contribution in [0.2, 0.25) is 0 Å². The summed E-state index contributed by atoms with van der Waals surface area (Å²) in [7, 11) is -9.93. The molecule has 0 aromatic rings. The number of rotatable bonds is 81. The fourth-order valence-corrected chi connectivity index (χ4v) is 13.9. The normalized spacial score (nSPS) is 14.2. The molecule has 102 heavy (non-hydrogen) atoms. The molecule has 0 bridgehead atoms. The fourth-order valence-electron chi connectivity index (χ4n) is 12.4. The number of hydrogen-bond acceptors (Lipinski definition) is 15. The molecule has 3 N–H and O–H groups in total. The van der Waals surface area contributed by atoms with Gasteiger partial charge in [0.15, 0.2) is 12.2 Å². The SMILES string of the molecule is CCCCCC/C=C\C=C/CCCCCCCC(=O)O[C@H](COC(=O)CCCCCCCCC(C)CC)COP(=O)(O)OC[C@H](O)COP(=O)(O)OC[C@@H](COC(=O)CCCCCCCCCCCCCCCCCCC)OC(=O)CCCCCCCCCCCCCCCCCCCCCC. The first-order valence-corrected chi connectivity index (χ1v) is 45.5. The van der Waals surface area contributed by atoms with Crippen molar-refractivity contribution < 1.29 is 80.2 Å². The maximum atomic E-state index is 13.1. The van der Waals surface area contributed by atoms with Crippen molar-refractivity contribution >= 4 is 39.5 Å². The van der Waals surface area contributed by atoms with Gasteiger partial charge in [0.1, 0.15) is 19.3 Å². The van der Waals surface area contributed by atoms with Crippen LogP contribution in [-0.2, 0) is 65.4 Å². The Bertz CT molecular complexity index is 2040. The van der Waals surface area contributed by atoms with Crippen LogP contribution in [0.15, 0.2) is 24.3 Å². The molecular formula is C83H158O17P2. The first-order chi connectivity index (χ1) is 49.6. The number of ether oxygens (including phenoxy) is 4. The highest BCUT2D eigenvalue weighted by molar-refractivity contribution is 7.47. The van der Waals surface area contributed by atoms with Gasteiger partial charge in [0, 0.05) is 25.7 Å². The predicted molar refractivity (Wildman–Crippen MR) is 418 cm³/mol. The summed E-state index contributed by atoms with van der Waals surface area (Å²) in [6.45, 7) is 7.23. The molecule has 0 fully saturated rings. The molecule has 0 aliphatic rings. The molecule has 0 spiro atoms. The zero-order chi connectivity index (χ0) is 74.8. The van der Waals surface area contributed by atoms with E-state index in [4.69, 9.17) is 37.0 Å². The van der Waals surface area contributed by atoms with Crippen molar-refractivity contribution in [2.75, 3.05) is 39.6 Å². The van der Waals surface area contributed by atoms with E-state index >= 15 is 0 Å². The third kappa shape index (κ3) is 74.4. The highest BCUT2D eigenvalue weighted by Gasteiger charge is 2.30. The molecule has 17 nitrogen and oxygen atoms in total. The Hall–Kier alpha value is -2.46. The molecule has 6 atom stereocenters. The minimum atomic E-state index is -4.97. The van der Waals surface area contributed by atoms with Crippen LogP contribution in [0.25, 0.3) is 0 Å². The third-order valence-corrected chi connectivity index (χ3v) is 21.2. The molecule has 19 heteroatoms. The number of carbonyl (C=O) groups is 4. The number of phosphoric acid groups is 2. The number of aliphatic hydroxyl groups is 1. The lowest BCUT2D eigenvalue weighted by Crippen LogP contribution is -2.30. The standard InChI is InChI=1S/C83H158O17P2/c1-6-10-13-16-19-22-25-28-31-33-34-35-37-40-43-46-49-52-59-64-68-82(87)99-78(72-93-80(85)66-61-56-50-47-44-41-39-36-32-29-26-23-20-17-14-11-7-2)74-97-101(89,90)95-70-77(84)71-96-102(91,92)98-75-79(73-94-81(86)67-62-57-54-53-55-60-65-76(5)9-4)100-83(88)69-63-58-51-48-45-42-38-30-27-24-21-18-15-12-8-3/h24,27,30,38,76-79,84H,6-23,25-26,28-29,31-37,39-75H2,1-5H3,(H,89,90)(H,91,92)/b27-24-,38-30-/t76?,77-,78-,79-/m1/s1. The molecule has 0 heterocycles. The Morgan fingerprint density at radius 2 is 0.549 bits per heavy atom. The molecule has 0 amide bonds. The lowest BCUT2D eigenvalue weighted by molar-refractivity contribution is -0.161. The second-order valence-electron chi connectivity index (χ2n) is 29.4. The van der Waals surface area contributed by atoms with E-state index in [0.29, 0.717) is 25.7 Å². The molecule has 0 aliphatic carbocycles. The van der Waals surface area contributed by atoms with Crippen LogP contribution in [-0.4, -0.2) is 96.7 Å². The van der Waals surface area contributed by atoms with E-state index in [1.54, 1.807) is 0 Å². The van der Waals surface area contributed by atoms with Crippen LogP contribution in [0.4, 0.5) is 0 Å². The van der Waals surface area contributed by atoms with Gasteiger partial charge in [0.25, 0.3) is 0 Å². The third-order valence-electron chi connectivity index (χ3n) is 19.3. The van der Waals surface area contributed by atoms with Gasteiger partial charge in [-0.15, -0.1) is 0 Å². The smallest absolute Gasteiger partial charge is 0.462 e. The molecule has 0 rings (SSSR count). The van der Waals surface area contributed by atoms with Gasteiger partial charge in [-0.1, -0.05) is 367 Å². The molecular weight excluding hydrogens is 1330 g/mol. The summed E-state index contributed by atoms with van der Waals surface area (Å²) < 4.78 is 68.7. The number of unbranched alkanes of at least 4 members (excludes halogenated alkanes) is 49.